The Balaban J connectivity index is 4.42. The van der Waals surface area contributed by atoms with E-state index in [1.807, 2.05) is 0 Å². The molecule has 0 aromatic carbocycles. The molecule has 0 saturated heterocycles. The summed E-state index contributed by atoms with van der Waals surface area (Å²) < 4.78 is 0. The Morgan fingerprint density at radius 1 is 1.55 bits per heavy atom. The van der Waals surface area contributed by atoms with Crippen molar-refractivity contribution in [2.75, 3.05) is 0 Å². The standard InChI is InChI=1S/C7H9ClN2O/c1-5(6(2)11)10-7(8)4-9-3/h4H,3H2,1-2H3/b7-4-,10-5?. The topological polar surface area (TPSA) is 41.8 Å². The molecule has 0 bridgehead atoms. The highest BCUT2D eigenvalue weighted by atomic mass is 35.5. The molecule has 0 amide bonds. The van der Waals surface area contributed by atoms with Gasteiger partial charge in [-0.1, -0.05) is 11.6 Å². The minimum Gasteiger partial charge on any atom is -0.293 e. The van der Waals surface area contributed by atoms with Crippen molar-refractivity contribution in [2.45, 2.75) is 13.8 Å². The van der Waals surface area contributed by atoms with Crippen LogP contribution in [0, 0.1) is 0 Å². The van der Waals surface area contributed by atoms with Gasteiger partial charge in [0.15, 0.2) is 5.78 Å². The Morgan fingerprint density at radius 3 is 2.45 bits per heavy atom. The first kappa shape index (κ1) is 10.0. The lowest BCUT2D eigenvalue weighted by Crippen LogP contribution is -2.03. The molecule has 60 valence electrons. The minimum atomic E-state index is -0.111. The fourth-order valence-electron chi connectivity index (χ4n) is 0.343. The molecule has 0 heterocycles. The number of nitrogens with zero attached hydrogens (tertiary/aromatic N) is 2. The van der Waals surface area contributed by atoms with Gasteiger partial charge in [0.2, 0.25) is 0 Å². The van der Waals surface area contributed by atoms with Crippen LogP contribution < -0.4 is 0 Å². The van der Waals surface area contributed by atoms with Gasteiger partial charge in [-0.15, -0.1) is 0 Å². The van der Waals surface area contributed by atoms with E-state index in [1.165, 1.54) is 13.1 Å². The SMILES string of the molecule is C=N/C=C(/Cl)N=C(C)C(C)=O. The molecule has 0 aromatic rings. The van der Waals surface area contributed by atoms with Gasteiger partial charge >= 0.3 is 0 Å². The average molecular weight is 173 g/mol. The molecule has 0 radical (unpaired) electrons. The summed E-state index contributed by atoms with van der Waals surface area (Å²) in [5.74, 6) is -0.111. The van der Waals surface area contributed by atoms with Crippen LogP contribution >= 0.6 is 11.6 Å². The molecule has 0 aromatic heterocycles. The van der Waals surface area contributed by atoms with Crippen molar-refractivity contribution in [3.8, 4) is 0 Å². The van der Waals surface area contributed by atoms with E-state index in [0.29, 0.717) is 5.71 Å². The molecule has 4 heteroatoms. The minimum absolute atomic E-state index is 0.111. The third-order valence-electron chi connectivity index (χ3n) is 0.982. The molecule has 0 aliphatic carbocycles. The van der Waals surface area contributed by atoms with Gasteiger partial charge in [-0.3, -0.25) is 9.79 Å². The van der Waals surface area contributed by atoms with E-state index in [-0.39, 0.29) is 10.9 Å². The van der Waals surface area contributed by atoms with Gasteiger partial charge in [0, 0.05) is 6.92 Å². The fraction of sp³-hybridized carbons (Fsp3) is 0.286. The highest BCUT2D eigenvalue weighted by Crippen LogP contribution is 2.03. The van der Waals surface area contributed by atoms with E-state index in [2.05, 4.69) is 16.7 Å². The van der Waals surface area contributed by atoms with Crippen molar-refractivity contribution in [1.29, 1.82) is 0 Å². The van der Waals surface area contributed by atoms with E-state index in [4.69, 9.17) is 11.6 Å². The van der Waals surface area contributed by atoms with E-state index < -0.39 is 0 Å². The Morgan fingerprint density at radius 2 is 2.09 bits per heavy atom. The molecule has 0 aliphatic rings. The summed E-state index contributed by atoms with van der Waals surface area (Å²) in [5.41, 5.74) is 0.356. The van der Waals surface area contributed by atoms with Gasteiger partial charge in [-0.2, -0.15) is 0 Å². The normalized spacial score (nSPS) is 13.0. The van der Waals surface area contributed by atoms with Gasteiger partial charge in [-0.05, 0) is 13.6 Å². The summed E-state index contributed by atoms with van der Waals surface area (Å²) in [6.45, 7) is 6.19. The van der Waals surface area contributed by atoms with Gasteiger partial charge in [0.1, 0.15) is 5.16 Å². The van der Waals surface area contributed by atoms with Crippen LogP contribution in [0.1, 0.15) is 13.8 Å². The molecule has 0 rings (SSSR count). The lowest BCUT2D eigenvalue weighted by atomic mass is 10.3. The van der Waals surface area contributed by atoms with Crippen molar-refractivity contribution >= 4 is 29.8 Å². The van der Waals surface area contributed by atoms with Gasteiger partial charge in [0.25, 0.3) is 0 Å². The highest BCUT2D eigenvalue weighted by Gasteiger charge is 1.97. The number of rotatable bonds is 3. The number of ketones is 1. The molecular formula is C7H9ClN2O. The monoisotopic (exact) mass is 172 g/mol. The zero-order chi connectivity index (χ0) is 8.85. The summed E-state index contributed by atoms with van der Waals surface area (Å²) in [6, 6.07) is 0. The van der Waals surface area contributed by atoms with E-state index in [9.17, 15) is 4.79 Å². The molecule has 0 fully saturated rings. The number of hydrogen-bond acceptors (Lipinski definition) is 3. The molecule has 0 aliphatic heterocycles. The van der Waals surface area contributed by atoms with Crippen LogP contribution in [0.25, 0.3) is 0 Å². The van der Waals surface area contributed by atoms with Crippen molar-refractivity contribution in [2.24, 2.45) is 9.98 Å². The lowest BCUT2D eigenvalue weighted by molar-refractivity contribution is -0.111. The van der Waals surface area contributed by atoms with Gasteiger partial charge in [0.05, 0.1) is 11.9 Å². The quantitative estimate of drug-likeness (QED) is 0.473. The largest absolute Gasteiger partial charge is 0.293 e. The Kier molecular flexibility index (Phi) is 4.38. The molecule has 0 N–H and O–H groups in total. The van der Waals surface area contributed by atoms with Crippen LogP contribution in [0.2, 0.25) is 0 Å². The molecule has 0 unspecified atom stereocenters. The molecule has 0 saturated carbocycles. The first-order valence-electron chi connectivity index (χ1n) is 2.95. The lowest BCUT2D eigenvalue weighted by Gasteiger charge is -1.90. The summed E-state index contributed by atoms with van der Waals surface area (Å²) in [6.07, 6.45) is 1.27. The van der Waals surface area contributed by atoms with Crippen LogP contribution in [0.5, 0.6) is 0 Å². The highest BCUT2D eigenvalue weighted by molar-refractivity contribution is 6.40. The Bertz CT molecular complexity index is 231. The summed E-state index contributed by atoms with van der Waals surface area (Å²) >= 11 is 5.51. The maximum Gasteiger partial charge on any atom is 0.173 e. The number of halogens is 1. The smallest absolute Gasteiger partial charge is 0.173 e. The molecular weight excluding hydrogens is 164 g/mol. The maximum absolute atomic E-state index is 10.6. The number of carbonyl (C=O) groups excluding carboxylic acids is 1. The number of hydrogen-bond donors (Lipinski definition) is 0. The number of aliphatic imine (C=N–C) groups is 2. The van der Waals surface area contributed by atoms with E-state index in [1.54, 1.807) is 6.92 Å². The molecule has 0 spiro atoms. The second-order valence-electron chi connectivity index (χ2n) is 1.89. The molecule has 3 nitrogen and oxygen atoms in total. The molecule has 11 heavy (non-hydrogen) atoms. The van der Waals surface area contributed by atoms with Crippen molar-refractivity contribution < 1.29 is 4.79 Å². The molecule has 0 atom stereocenters. The Hall–Kier alpha value is -0.960. The maximum atomic E-state index is 10.6. The van der Waals surface area contributed by atoms with Crippen molar-refractivity contribution in [3.05, 3.63) is 11.4 Å². The van der Waals surface area contributed by atoms with E-state index >= 15 is 0 Å². The van der Waals surface area contributed by atoms with Gasteiger partial charge in [-0.25, -0.2) is 4.99 Å². The van der Waals surface area contributed by atoms with Crippen LogP contribution in [-0.4, -0.2) is 18.2 Å². The van der Waals surface area contributed by atoms with Crippen LogP contribution in [0.4, 0.5) is 0 Å². The summed E-state index contributed by atoms with van der Waals surface area (Å²) in [7, 11) is 0. The Labute approximate surface area is 70.5 Å². The van der Waals surface area contributed by atoms with Crippen LogP contribution in [0.3, 0.4) is 0 Å². The number of carbonyl (C=O) groups is 1. The first-order chi connectivity index (χ1) is 5.07. The second-order valence-corrected chi connectivity index (χ2v) is 2.28. The fourth-order valence-corrected chi connectivity index (χ4v) is 0.539. The van der Waals surface area contributed by atoms with Gasteiger partial charge < -0.3 is 0 Å². The van der Waals surface area contributed by atoms with Crippen LogP contribution in [-0.2, 0) is 4.79 Å². The van der Waals surface area contributed by atoms with Crippen LogP contribution in [0.15, 0.2) is 21.3 Å². The zero-order valence-corrected chi connectivity index (χ0v) is 7.22. The number of Topliss-reactive ketones (excluding diaryl/α,β-unsaturated/α-hetero) is 1. The third kappa shape index (κ3) is 4.44. The third-order valence-corrected chi connectivity index (χ3v) is 1.16. The predicted octanol–water partition coefficient (Wildman–Crippen LogP) is 1.77. The zero-order valence-electron chi connectivity index (χ0n) is 6.47. The van der Waals surface area contributed by atoms with E-state index in [0.717, 1.165) is 0 Å². The summed E-state index contributed by atoms with van der Waals surface area (Å²) in [5, 5.41) is 0.160. The summed E-state index contributed by atoms with van der Waals surface area (Å²) in [4.78, 5) is 17.7. The predicted molar refractivity (Wildman–Crippen MR) is 47.3 cm³/mol. The second kappa shape index (κ2) is 4.79. The van der Waals surface area contributed by atoms with Crippen molar-refractivity contribution in [1.82, 2.24) is 0 Å². The van der Waals surface area contributed by atoms with Crippen molar-refractivity contribution in [3.63, 3.8) is 0 Å². The first-order valence-corrected chi connectivity index (χ1v) is 3.33. The average Bonchev–Trinajstić information content (AvgIpc) is 1.87.